The summed E-state index contributed by atoms with van der Waals surface area (Å²) in [5.41, 5.74) is 0. The molecule has 1 aromatic rings. The fourth-order valence-electron chi connectivity index (χ4n) is 1.50. The summed E-state index contributed by atoms with van der Waals surface area (Å²) in [5, 5.41) is 2.10. The van der Waals surface area contributed by atoms with Crippen molar-refractivity contribution in [3.05, 3.63) is 20.8 Å². The number of nitrogens with zero attached hydrogens (tertiary/aromatic N) is 1. The molecule has 0 amide bonds. The molecule has 0 aliphatic heterocycles. The molecule has 0 aliphatic rings. The maximum absolute atomic E-state index is 11.1. The second kappa shape index (κ2) is 7.20. The average Bonchev–Trinajstić information content (AvgIpc) is 2.63. The molecule has 0 saturated heterocycles. The van der Waals surface area contributed by atoms with Crippen molar-refractivity contribution in [1.82, 2.24) is 4.90 Å². The van der Waals surface area contributed by atoms with Crippen molar-refractivity contribution >= 4 is 33.0 Å². The minimum Gasteiger partial charge on any atom is -0.301 e. The molecule has 4 heteroatoms. The molecule has 0 radical (unpaired) electrons. The number of rotatable bonds is 7. The largest absolute Gasteiger partial charge is 0.301 e. The summed E-state index contributed by atoms with van der Waals surface area (Å²) < 4.78 is 1.15. The van der Waals surface area contributed by atoms with E-state index in [1.54, 1.807) is 11.3 Å². The van der Waals surface area contributed by atoms with Crippen LogP contribution >= 0.6 is 27.3 Å². The summed E-state index contributed by atoms with van der Waals surface area (Å²) in [6.07, 6.45) is 2.35. The first-order valence-corrected chi connectivity index (χ1v) is 7.22. The Balaban J connectivity index is 2.20. The highest BCUT2D eigenvalue weighted by Gasteiger charge is 2.04. The first-order valence-electron chi connectivity index (χ1n) is 5.55. The molecule has 0 spiro atoms. The van der Waals surface area contributed by atoms with E-state index in [4.69, 9.17) is 0 Å². The van der Waals surface area contributed by atoms with E-state index in [-0.39, 0.29) is 0 Å². The highest BCUT2D eigenvalue weighted by molar-refractivity contribution is 9.10. The Labute approximate surface area is 110 Å². The number of thiophene rings is 1. The first kappa shape index (κ1) is 13.9. The zero-order chi connectivity index (χ0) is 12.0. The lowest BCUT2D eigenvalue weighted by atomic mass is 10.2. The molecule has 0 bridgehead atoms. The molecular weight excluding hydrogens is 286 g/mol. The molecule has 0 saturated carbocycles. The fourth-order valence-corrected chi connectivity index (χ4v) is 3.03. The monoisotopic (exact) mass is 303 g/mol. The van der Waals surface area contributed by atoms with Gasteiger partial charge in [-0.2, -0.15) is 0 Å². The number of carbonyl (C=O) groups excluding carboxylic acids is 1. The third kappa shape index (κ3) is 5.23. The van der Waals surface area contributed by atoms with Crippen LogP contribution in [-0.2, 0) is 11.3 Å². The number of hydrogen-bond acceptors (Lipinski definition) is 3. The lowest BCUT2D eigenvalue weighted by Gasteiger charge is -2.14. The lowest BCUT2D eigenvalue weighted by molar-refractivity contribution is -0.118. The second-order valence-corrected chi connectivity index (χ2v) is 5.88. The highest BCUT2D eigenvalue weighted by atomic mass is 79.9. The predicted octanol–water partition coefficient (Wildman–Crippen LogP) is 3.70. The van der Waals surface area contributed by atoms with Crippen LogP contribution in [0.25, 0.3) is 0 Å². The van der Waals surface area contributed by atoms with E-state index < -0.39 is 0 Å². The van der Waals surface area contributed by atoms with Gasteiger partial charge in [-0.25, -0.2) is 0 Å². The highest BCUT2D eigenvalue weighted by Crippen LogP contribution is 2.20. The number of hydrogen-bond donors (Lipinski definition) is 0. The van der Waals surface area contributed by atoms with E-state index in [1.165, 1.54) is 4.88 Å². The summed E-state index contributed by atoms with van der Waals surface area (Å²) in [6, 6.07) is 2.15. The summed E-state index contributed by atoms with van der Waals surface area (Å²) in [7, 11) is 2.10. The van der Waals surface area contributed by atoms with E-state index in [0.29, 0.717) is 12.2 Å². The second-order valence-electron chi connectivity index (χ2n) is 3.96. The normalized spacial score (nSPS) is 11.0. The molecular formula is C12H18BrNOS. The number of Topliss-reactive ketones (excluding diaryl/α,β-unsaturated/α-hetero) is 1. The molecule has 0 fully saturated rings. The van der Waals surface area contributed by atoms with Gasteiger partial charge in [-0.15, -0.1) is 11.3 Å². The van der Waals surface area contributed by atoms with E-state index >= 15 is 0 Å². The molecule has 16 heavy (non-hydrogen) atoms. The van der Waals surface area contributed by atoms with Gasteiger partial charge in [0.2, 0.25) is 0 Å². The van der Waals surface area contributed by atoms with Crippen molar-refractivity contribution in [2.45, 2.75) is 32.7 Å². The van der Waals surface area contributed by atoms with Crippen molar-refractivity contribution in [1.29, 1.82) is 0 Å². The van der Waals surface area contributed by atoms with Gasteiger partial charge in [0, 0.05) is 34.1 Å². The smallest absolute Gasteiger partial charge is 0.132 e. The van der Waals surface area contributed by atoms with Crippen molar-refractivity contribution in [3.63, 3.8) is 0 Å². The standard InChI is InChI=1S/C12H18BrNOS/c1-3-11(15)5-4-6-14(2)8-12-7-10(13)9-16-12/h7,9H,3-6,8H2,1-2H3. The van der Waals surface area contributed by atoms with Gasteiger partial charge in [-0.05, 0) is 42.0 Å². The van der Waals surface area contributed by atoms with E-state index in [2.05, 4.69) is 39.3 Å². The number of halogens is 1. The zero-order valence-electron chi connectivity index (χ0n) is 9.83. The van der Waals surface area contributed by atoms with Crippen LogP contribution in [0.3, 0.4) is 0 Å². The number of ketones is 1. The Kier molecular flexibility index (Phi) is 6.24. The van der Waals surface area contributed by atoms with Crippen LogP contribution in [0.1, 0.15) is 31.1 Å². The van der Waals surface area contributed by atoms with Crippen LogP contribution in [0.5, 0.6) is 0 Å². The van der Waals surface area contributed by atoms with Gasteiger partial charge in [0.05, 0.1) is 0 Å². The van der Waals surface area contributed by atoms with Crippen molar-refractivity contribution < 1.29 is 4.79 Å². The lowest BCUT2D eigenvalue weighted by Crippen LogP contribution is -2.19. The molecule has 0 unspecified atom stereocenters. The topological polar surface area (TPSA) is 20.3 Å². The predicted molar refractivity (Wildman–Crippen MR) is 72.9 cm³/mol. The van der Waals surface area contributed by atoms with Gasteiger partial charge >= 0.3 is 0 Å². The van der Waals surface area contributed by atoms with Crippen LogP contribution in [0.15, 0.2) is 15.9 Å². The van der Waals surface area contributed by atoms with E-state index in [9.17, 15) is 4.79 Å². The van der Waals surface area contributed by atoms with Crippen LogP contribution in [0.4, 0.5) is 0 Å². The third-order valence-corrected chi connectivity index (χ3v) is 4.12. The van der Waals surface area contributed by atoms with Gasteiger partial charge in [0.25, 0.3) is 0 Å². The molecule has 1 aromatic heterocycles. The number of carbonyl (C=O) groups is 1. The Morgan fingerprint density at radius 3 is 2.88 bits per heavy atom. The quantitative estimate of drug-likeness (QED) is 0.765. The first-order chi connectivity index (χ1) is 7.61. The molecule has 0 atom stereocenters. The minimum atomic E-state index is 0.368. The minimum absolute atomic E-state index is 0.368. The molecule has 1 rings (SSSR count). The maximum Gasteiger partial charge on any atom is 0.132 e. The van der Waals surface area contributed by atoms with Crippen molar-refractivity contribution in [3.8, 4) is 0 Å². The Morgan fingerprint density at radius 1 is 1.56 bits per heavy atom. The Hall–Kier alpha value is -0.190. The summed E-state index contributed by atoms with van der Waals surface area (Å²) in [5.74, 6) is 0.368. The molecule has 2 nitrogen and oxygen atoms in total. The Morgan fingerprint density at radius 2 is 2.31 bits per heavy atom. The van der Waals surface area contributed by atoms with Gasteiger partial charge in [-0.3, -0.25) is 4.79 Å². The van der Waals surface area contributed by atoms with E-state index in [1.807, 2.05) is 6.92 Å². The van der Waals surface area contributed by atoms with Crippen molar-refractivity contribution in [2.24, 2.45) is 0 Å². The molecule has 0 N–H and O–H groups in total. The van der Waals surface area contributed by atoms with E-state index in [0.717, 1.165) is 30.4 Å². The van der Waals surface area contributed by atoms with Gasteiger partial charge in [0.15, 0.2) is 0 Å². The van der Waals surface area contributed by atoms with Crippen LogP contribution < -0.4 is 0 Å². The molecule has 1 heterocycles. The van der Waals surface area contributed by atoms with Crippen molar-refractivity contribution in [2.75, 3.05) is 13.6 Å². The third-order valence-electron chi connectivity index (χ3n) is 2.44. The van der Waals surface area contributed by atoms with Gasteiger partial charge in [-0.1, -0.05) is 6.92 Å². The van der Waals surface area contributed by atoms with Crippen LogP contribution in [0, 0.1) is 0 Å². The average molecular weight is 304 g/mol. The molecule has 90 valence electrons. The summed E-state index contributed by atoms with van der Waals surface area (Å²) >= 11 is 5.22. The maximum atomic E-state index is 11.1. The molecule has 0 aliphatic carbocycles. The summed E-state index contributed by atoms with van der Waals surface area (Å²) in [4.78, 5) is 14.8. The Bertz CT molecular complexity index is 338. The molecule has 0 aromatic carbocycles. The van der Waals surface area contributed by atoms with Crippen LogP contribution in [-0.4, -0.2) is 24.3 Å². The zero-order valence-corrected chi connectivity index (χ0v) is 12.2. The summed E-state index contributed by atoms with van der Waals surface area (Å²) in [6.45, 7) is 3.88. The fraction of sp³-hybridized carbons (Fsp3) is 0.583. The van der Waals surface area contributed by atoms with Crippen LogP contribution in [0.2, 0.25) is 0 Å². The van der Waals surface area contributed by atoms with Gasteiger partial charge < -0.3 is 4.90 Å². The SMILES string of the molecule is CCC(=O)CCCN(C)Cc1cc(Br)cs1. The van der Waals surface area contributed by atoms with Gasteiger partial charge in [0.1, 0.15) is 5.78 Å².